The van der Waals surface area contributed by atoms with Crippen molar-refractivity contribution in [1.82, 2.24) is 10.2 Å². The number of halogens is 2. The zero-order chi connectivity index (χ0) is 15.2. The molecule has 1 N–H and O–H groups in total. The molecule has 7 heteroatoms. The summed E-state index contributed by atoms with van der Waals surface area (Å²) in [6.45, 7) is 4.14. The lowest BCUT2D eigenvalue weighted by molar-refractivity contribution is -0.138. The van der Waals surface area contributed by atoms with Crippen LogP contribution in [0, 0.1) is 0 Å². The number of ether oxygens (including phenoxy) is 2. The Morgan fingerprint density at radius 1 is 1.50 bits per heavy atom. The number of likely N-dealkylation sites (N-methyl/N-ethyl adjacent to an activating group) is 1. The Bertz CT molecular complexity index is 488. The van der Waals surface area contributed by atoms with Crippen molar-refractivity contribution in [2.45, 2.75) is 19.1 Å². The Morgan fingerprint density at radius 2 is 2.23 bits per heavy atom. The third kappa shape index (κ3) is 5.02. The number of hydrogen-bond donors (Lipinski definition) is 1. The first kappa shape index (κ1) is 19.0. The molecule has 1 aliphatic rings. The van der Waals surface area contributed by atoms with E-state index in [2.05, 4.69) is 5.32 Å². The standard InChI is InChI=1S/C15H21ClN2O3.ClH/c1-11-14(17-7-9-20-11)15(19)18(2)8-10-21-13-6-4-3-5-12(13)16;/h3-6,11,14,17H,7-10H2,1-2H3;1H/t11-,14+;/m1./s1. The van der Waals surface area contributed by atoms with E-state index in [0.29, 0.717) is 37.1 Å². The van der Waals surface area contributed by atoms with Crippen LogP contribution in [-0.2, 0) is 9.53 Å². The quantitative estimate of drug-likeness (QED) is 0.883. The molecule has 1 amide bonds. The van der Waals surface area contributed by atoms with Gasteiger partial charge in [-0.1, -0.05) is 23.7 Å². The van der Waals surface area contributed by atoms with E-state index in [1.165, 1.54) is 0 Å². The van der Waals surface area contributed by atoms with Crippen LogP contribution < -0.4 is 10.1 Å². The van der Waals surface area contributed by atoms with Crippen LogP contribution in [0.2, 0.25) is 5.02 Å². The van der Waals surface area contributed by atoms with Crippen molar-refractivity contribution < 1.29 is 14.3 Å². The highest BCUT2D eigenvalue weighted by atomic mass is 35.5. The summed E-state index contributed by atoms with van der Waals surface area (Å²) in [5.41, 5.74) is 0. The number of nitrogens with one attached hydrogen (secondary N) is 1. The molecule has 1 fully saturated rings. The molecule has 2 rings (SSSR count). The zero-order valence-electron chi connectivity index (χ0n) is 12.8. The number of para-hydroxylation sites is 1. The van der Waals surface area contributed by atoms with Crippen LogP contribution in [0.4, 0.5) is 0 Å². The molecule has 5 nitrogen and oxygen atoms in total. The number of morpholine rings is 1. The smallest absolute Gasteiger partial charge is 0.242 e. The summed E-state index contributed by atoms with van der Waals surface area (Å²) >= 11 is 6.01. The van der Waals surface area contributed by atoms with Crippen molar-refractivity contribution in [2.24, 2.45) is 0 Å². The van der Waals surface area contributed by atoms with Gasteiger partial charge in [0.15, 0.2) is 0 Å². The maximum Gasteiger partial charge on any atom is 0.242 e. The average Bonchev–Trinajstić information content (AvgIpc) is 2.49. The lowest BCUT2D eigenvalue weighted by Crippen LogP contribution is -2.56. The van der Waals surface area contributed by atoms with Gasteiger partial charge in [0.05, 0.1) is 24.3 Å². The fourth-order valence-electron chi connectivity index (χ4n) is 2.21. The molecular formula is C15H22Cl2N2O3. The Labute approximate surface area is 142 Å². The third-order valence-electron chi connectivity index (χ3n) is 3.48. The number of rotatable bonds is 5. The van der Waals surface area contributed by atoms with Crippen LogP contribution in [0.15, 0.2) is 24.3 Å². The molecule has 0 unspecified atom stereocenters. The summed E-state index contributed by atoms with van der Waals surface area (Å²) in [5.74, 6) is 0.650. The minimum Gasteiger partial charge on any atom is -0.490 e. The molecule has 124 valence electrons. The average molecular weight is 349 g/mol. The fraction of sp³-hybridized carbons (Fsp3) is 0.533. The van der Waals surface area contributed by atoms with Gasteiger partial charge in [0, 0.05) is 13.6 Å². The van der Waals surface area contributed by atoms with Crippen molar-refractivity contribution in [3.05, 3.63) is 29.3 Å². The highest BCUT2D eigenvalue weighted by Gasteiger charge is 2.30. The van der Waals surface area contributed by atoms with Gasteiger partial charge in [0.2, 0.25) is 5.91 Å². The van der Waals surface area contributed by atoms with E-state index < -0.39 is 0 Å². The maximum atomic E-state index is 12.3. The van der Waals surface area contributed by atoms with Crippen LogP contribution in [0.5, 0.6) is 5.75 Å². The van der Waals surface area contributed by atoms with Crippen LogP contribution in [0.1, 0.15) is 6.92 Å². The Balaban J connectivity index is 0.00000242. The van der Waals surface area contributed by atoms with Crippen molar-refractivity contribution in [3.63, 3.8) is 0 Å². The zero-order valence-corrected chi connectivity index (χ0v) is 14.3. The number of carbonyl (C=O) groups is 1. The molecule has 0 spiro atoms. The fourth-order valence-corrected chi connectivity index (χ4v) is 2.40. The van der Waals surface area contributed by atoms with E-state index in [-0.39, 0.29) is 30.5 Å². The normalized spacial score (nSPS) is 20.9. The molecule has 0 saturated carbocycles. The highest BCUT2D eigenvalue weighted by molar-refractivity contribution is 6.32. The molecule has 0 bridgehead atoms. The first-order chi connectivity index (χ1) is 10.1. The molecule has 0 radical (unpaired) electrons. The molecule has 1 saturated heterocycles. The molecule has 0 aliphatic carbocycles. The SMILES string of the molecule is C[C@H]1OCCN[C@@H]1C(=O)N(C)CCOc1ccccc1Cl.Cl. The number of carbonyl (C=O) groups excluding carboxylic acids is 1. The van der Waals surface area contributed by atoms with E-state index in [9.17, 15) is 4.79 Å². The lowest BCUT2D eigenvalue weighted by atomic mass is 10.1. The third-order valence-corrected chi connectivity index (χ3v) is 3.79. The largest absolute Gasteiger partial charge is 0.490 e. The second-order valence-corrected chi connectivity index (χ2v) is 5.45. The van der Waals surface area contributed by atoms with E-state index in [4.69, 9.17) is 21.1 Å². The van der Waals surface area contributed by atoms with Crippen molar-refractivity contribution >= 4 is 29.9 Å². The minimum absolute atomic E-state index is 0. The predicted octanol–water partition coefficient (Wildman–Crippen LogP) is 1.98. The van der Waals surface area contributed by atoms with Gasteiger partial charge in [-0.15, -0.1) is 12.4 Å². The van der Waals surface area contributed by atoms with Crippen molar-refractivity contribution in [3.8, 4) is 5.75 Å². The maximum absolute atomic E-state index is 12.3. The van der Waals surface area contributed by atoms with Gasteiger partial charge in [0.25, 0.3) is 0 Å². The first-order valence-corrected chi connectivity index (χ1v) is 7.44. The Hall–Kier alpha value is -1.01. The highest BCUT2D eigenvalue weighted by Crippen LogP contribution is 2.22. The van der Waals surface area contributed by atoms with Crippen molar-refractivity contribution in [1.29, 1.82) is 0 Å². The van der Waals surface area contributed by atoms with E-state index in [1.807, 2.05) is 25.1 Å². The van der Waals surface area contributed by atoms with Crippen LogP contribution in [0.25, 0.3) is 0 Å². The number of amides is 1. The van der Waals surface area contributed by atoms with Gasteiger partial charge in [-0.3, -0.25) is 4.79 Å². The Morgan fingerprint density at radius 3 is 2.91 bits per heavy atom. The van der Waals surface area contributed by atoms with Gasteiger partial charge in [0.1, 0.15) is 18.4 Å². The predicted molar refractivity (Wildman–Crippen MR) is 89.0 cm³/mol. The summed E-state index contributed by atoms with van der Waals surface area (Å²) in [5, 5.41) is 3.76. The molecule has 2 atom stereocenters. The summed E-state index contributed by atoms with van der Waals surface area (Å²) in [7, 11) is 1.77. The first-order valence-electron chi connectivity index (χ1n) is 7.07. The number of nitrogens with zero attached hydrogens (tertiary/aromatic N) is 1. The molecule has 1 aromatic carbocycles. The topological polar surface area (TPSA) is 50.8 Å². The molecule has 0 aromatic heterocycles. The second-order valence-electron chi connectivity index (χ2n) is 5.05. The van der Waals surface area contributed by atoms with Crippen LogP contribution >= 0.6 is 24.0 Å². The van der Waals surface area contributed by atoms with Crippen molar-refractivity contribution in [2.75, 3.05) is 33.4 Å². The minimum atomic E-state index is -0.288. The summed E-state index contributed by atoms with van der Waals surface area (Å²) < 4.78 is 11.1. The lowest BCUT2D eigenvalue weighted by Gasteiger charge is -2.32. The number of benzene rings is 1. The Kier molecular flexibility index (Phi) is 7.96. The van der Waals surface area contributed by atoms with Crippen LogP contribution in [-0.4, -0.2) is 56.3 Å². The molecule has 22 heavy (non-hydrogen) atoms. The molecular weight excluding hydrogens is 327 g/mol. The number of hydrogen-bond acceptors (Lipinski definition) is 4. The van der Waals surface area contributed by atoms with E-state index >= 15 is 0 Å². The summed E-state index contributed by atoms with van der Waals surface area (Å²) in [6.07, 6.45) is -0.113. The molecule has 1 heterocycles. The van der Waals surface area contributed by atoms with Gasteiger partial charge in [-0.25, -0.2) is 0 Å². The van der Waals surface area contributed by atoms with Gasteiger partial charge in [-0.05, 0) is 19.1 Å². The monoisotopic (exact) mass is 348 g/mol. The molecule has 1 aromatic rings. The summed E-state index contributed by atoms with van der Waals surface area (Å²) in [4.78, 5) is 14.0. The second kappa shape index (κ2) is 9.20. The van der Waals surface area contributed by atoms with Gasteiger partial charge >= 0.3 is 0 Å². The van der Waals surface area contributed by atoms with Crippen LogP contribution in [0.3, 0.4) is 0 Å². The van der Waals surface area contributed by atoms with Gasteiger partial charge in [-0.2, -0.15) is 0 Å². The molecule has 1 aliphatic heterocycles. The van der Waals surface area contributed by atoms with E-state index in [1.54, 1.807) is 18.0 Å². The summed E-state index contributed by atoms with van der Waals surface area (Å²) in [6, 6.07) is 7.01. The van der Waals surface area contributed by atoms with E-state index in [0.717, 1.165) is 0 Å². The van der Waals surface area contributed by atoms with Gasteiger partial charge < -0.3 is 19.7 Å².